The number of hydrogen-bond acceptors (Lipinski definition) is 3. The van der Waals surface area contributed by atoms with Crippen molar-refractivity contribution in [1.82, 2.24) is 9.55 Å². The highest BCUT2D eigenvalue weighted by molar-refractivity contribution is 5.85. The van der Waals surface area contributed by atoms with E-state index in [0.717, 1.165) is 12.1 Å². The van der Waals surface area contributed by atoms with Crippen LogP contribution in [0.4, 0.5) is 0 Å². The molecule has 0 amide bonds. The Morgan fingerprint density at radius 2 is 2.17 bits per heavy atom. The lowest BCUT2D eigenvalue weighted by Crippen LogP contribution is -2.24. The minimum absolute atomic E-state index is 0.125. The van der Waals surface area contributed by atoms with Gasteiger partial charge in [0.1, 0.15) is 5.41 Å². The van der Waals surface area contributed by atoms with Crippen LogP contribution < -0.4 is 5.73 Å². The predicted octanol–water partition coefficient (Wildman–Crippen LogP) is 2.51. The molecule has 0 bridgehead atoms. The summed E-state index contributed by atoms with van der Waals surface area (Å²) in [4.78, 5) is 16.3. The van der Waals surface area contributed by atoms with E-state index in [9.17, 15) is 9.90 Å². The average molecular weight is 313 g/mol. The van der Waals surface area contributed by atoms with Crippen LogP contribution in [0.3, 0.4) is 0 Å². The molecule has 0 saturated heterocycles. The summed E-state index contributed by atoms with van der Waals surface area (Å²) in [6.45, 7) is 4.69. The summed E-state index contributed by atoms with van der Waals surface area (Å²) < 4.78 is 1.89. The molecule has 3 atom stereocenters. The normalized spacial score (nSPS) is 24.4. The highest BCUT2D eigenvalue weighted by Gasteiger charge is 2.62. The number of carbonyl (C=O) groups is 1. The van der Waals surface area contributed by atoms with Crippen molar-refractivity contribution in [2.75, 3.05) is 6.54 Å². The van der Waals surface area contributed by atoms with Crippen molar-refractivity contribution < 1.29 is 9.90 Å². The molecule has 5 nitrogen and oxygen atoms in total. The van der Waals surface area contributed by atoms with Gasteiger partial charge in [-0.2, -0.15) is 0 Å². The number of imidazole rings is 1. The molecule has 3 unspecified atom stereocenters. The van der Waals surface area contributed by atoms with Crippen LogP contribution in [0.25, 0.3) is 5.69 Å². The van der Waals surface area contributed by atoms with Crippen molar-refractivity contribution in [2.45, 2.75) is 32.1 Å². The van der Waals surface area contributed by atoms with E-state index in [1.54, 1.807) is 6.33 Å². The Hall–Kier alpha value is -2.14. The van der Waals surface area contributed by atoms with Crippen LogP contribution in [0.15, 0.2) is 36.8 Å². The lowest BCUT2D eigenvalue weighted by molar-refractivity contribution is -0.140. The van der Waals surface area contributed by atoms with Gasteiger partial charge in [0.05, 0.1) is 12.0 Å². The number of hydrogen-bond donors (Lipinski definition) is 2. The van der Waals surface area contributed by atoms with E-state index in [-0.39, 0.29) is 5.92 Å². The summed E-state index contributed by atoms with van der Waals surface area (Å²) >= 11 is 0. The van der Waals surface area contributed by atoms with Gasteiger partial charge in [-0.3, -0.25) is 4.79 Å². The molecule has 122 valence electrons. The maximum atomic E-state index is 11.9. The maximum Gasteiger partial charge on any atom is 0.316 e. The number of aryl methyl sites for hydroxylation is 1. The number of carboxylic acid groups (broad SMARTS) is 1. The first kappa shape index (κ1) is 15.7. The molecule has 1 aromatic heterocycles. The molecule has 1 aliphatic carbocycles. The van der Waals surface area contributed by atoms with Crippen LogP contribution in [0.5, 0.6) is 0 Å². The van der Waals surface area contributed by atoms with E-state index in [2.05, 4.69) is 11.9 Å². The summed E-state index contributed by atoms with van der Waals surface area (Å²) in [5.41, 5.74) is 7.67. The molecule has 3 N–H and O–H groups in total. The van der Waals surface area contributed by atoms with Crippen molar-refractivity contribution in [3.8, 4) is 5.69 Å². The molecular formula is C18H23N3O2. The molecule has 1 fully saturated rings. The Morgan fingerprint density at radius 3 is 2.78 bits per heavy atom. The highest BCUT2D eigenvalue weighted by atomic mass is 16.4. The van der Waals surface area contributed by atoms with Crippen LogP contribution in [0.2, 0.25) is 0 Å². The smallest absolute Gasteiger partial charge is 0.316 e. The number of benzene rings is 1. The van der Waals surface area contributed by atoms with Gasteiger partial charge < -0.3 is 15.4 Å². The van der Waals surface area contributed by atoms with Gasteiger partial charge in [-0.05, 0) is 50.3 Å². The SMILES string of the molecule is Cc1ccc(-n2cnc(C3(C(=O)O)CC3CC(C)CN)c2)cc1. The molecule has 1 aliphatic rings. The van der Waals surface area contributed by atoms with Crippen molar-refractivity contribution in [3.63, 3.8) is 0 Å². The largest absolute Gasteiger partial charge is 0.481 e. The minimum Gasteiger partial charge on any atom is -0.481 e. The second kappa shape index (κ2) is 5.81. The Balaban J connectivity index is 1.86. The topological polar surface area (TPSA) is 81.1 Å². The van der Waals surface area contributed by atoms with Crippen LogP contribution >= 0.6 is 0 Å². The first-order chi connectivity index (χ1) is 11.0. The van der Waals surface area contributed by atoms with Crippen molar-refractivity contribution in [3.05, 3.63) is 48.0 Å². The van der Waals surface area contributed by atoms with Gasteiger partial charge in [0.25, 0.3) is 0 Å². The Bertz CT molecular complexity index is 707. The molecule has 23 heavy (non-hydrogen) atoms. The fraction of sp³-hybridized carbons (Fsp3) is 0.444. The van der Waals surface area contributed by atoms with Crippen molar-refractivity contribution in [1.29, 1.82) is 0 Å². The fourth-order valence-electron chi connectivity index (χ4n) is 3.29. The number of carboxylic acids is 1. The van der Waals surface area contributed by atoms with E-state index >= 15 is 0 Å². The van der Waals surface area contributed by atoms with Crippen LogP contribution in [0, 0.1) is 18.8 Å². The third kappa shape index (κ3) is 2.77. The third-order valence-corrected chi connectivity index (χ3v) is 4.95. The zero-order valence-corrected chi connectivity index (χ0v) is 13.6. The number of nitrogens with two attached hydrogens (primary N) is 1. The van der Waals surface area contributed by atoms with Gasteiger partial charge in [0.15, 0.2) is 0 Å². The molecule has 3 rings (SSSR count). The summed E-state index contributed by atoms with van der Waals surface area (Å²) in [6.07, 6.45) is 5.04. The maximum absolute atomic E-state index is 11.9. The van der Waals surface area contributed by atoms with Crippen LogP contribution in [-0.4, -0.2) is 27.2 Å². The molecule has 1 aromatic carbocycles. The lowest BCUT2D eigenvalue weighted by Gasteiger charge is -2.12. The zero-order chi connectivity index (χ0) is 16.6. The van der Waals surface area contributed by atoms with E-state index in [1.807, 2.05) is 42.0 Å². The second-order valence-corrected chi connectivity index (χ2v) is 6.76. The van der Waals surface area contributed by atoms with Crippen molar-refractivity contribution in [2.24, 2.45) is 17.6 Å². The molecular weight excluding hydrogens is 290 g/mol. The van der Waals surface area contributed by atoms with Crippen LogP contribution in [-0.2, 0) is 10.2 Å². The molecule has 1 saturated carbocycles. The Labute approximate surface area is 136 Å². The number of rotatable bonds is 6. The molecule has 0 spiro atoms. The summed E-state index contributed by atoms with van der Waals surface area (Å²) in [7, 11) is 0. The molecule has 5 heteroatoms. The number of aliphatic carboxylic acids is 1. The van der Waals surface area contributed by atoms with Gasteiger partial charge in [-0.15, -0.1) is 0 Å². The fourth-order valence-corrected chi connectivity index (χ4v) is 3.29. The Kier molecular flexibility index (Phi) is 3.98. The van der Waals surface area contributed by atoms with E-state index in [1.165, 1.54) is 5.56 Å². The summed E-state index contributed by atoms with van der Waals surface area (Å²) in [5.74, 6) is -0.318. The summed E-state index contributed by atoms with van der Waals surface area (Å²) in [6, 6.07) is 8.08. The van der Waals surface area contributed by atoms with Gasteiger partial charge >= 0.3 is 5.97 Å². The Morgan fingerprint density at radius 1 is 1.48 bits per heavy atom. The molecule has 0 radical (unpaired) electrons. The monoisotopic (exact) mass is 313 g/mol. The zero-order valence-electron chi connectivity index (χ0n) is 13.6. The van der Waals surface area contributed by atoms with Gasteiger partial charge in [-0.1, -0.05) is 24.6 Å². The molecule has 1 heterocycles. The number of aromatic nitrogens is 2. The molecule has 0 aliphatic heterocycles. The lowest BCUT2D eigenvalue weighted by atomic mass is 9.94. The number of nitrogens with zero attached hydrogens (tertiary/aromatic N) is 2. The average Bonchev–Trinajstić information content (AvgIpc) is 3.04. The minimum atomic E-state index is -0.834. The van der Waals surface area contributed by atoms with Gasteiger partial charge in [0.2, 0.25) is 0 Å². The second-order valence-electron chi connectivity index (χ2n) is 6.76. The molecule has 2 aromatic rings. The summed E-state index contributed by atoms with van der Waals surface area (Å²) in [5, 5.41) is 9.75. The van der Waals surface area contributed by atoms with Gasteiger partial charge in [0, 0.05) is 11.9 Å². The highest BCUT2D eigenvalue weighted by Crippen LogP contribution is 2.56. The first-order valence-corrected chi connectivity index (χ1v) is 8.02. The van der Waals surface area contributed by atoms with Gasteiger partial charge in [-0.25, -0.2) is 4.98 Å². The van der Waals surface area contributed by atoms with Crippen molar-refractivity contribution >= 4 is 5.97 Å². The standard InChI is InChI=1S/C18H23N3O2/c1-12-3-5-15(6-4-12)21-10-16(20-11-21)18(17(22)23)8-14(18)7-13(2)9-19/h3-6,10-11,13-14H,7-9,19H2,1-2H3,(H,22,23). The third-order valence-electron chi connectivity index (χ3n) is 4.95. The first-order valence-electron chi connectivity index (χ1n) is 8.02. The van der Waals surface area contributed by atoms with E-state index in [0.29, 0.717) is 24.6 Å². The van der Waals surface area contributed by atoms with E-state index < -0.39 is 11.4 Å². The van der Waals surface area contributed by atoms with E-state index in [4.69, 9.17) is 5.73 Å². The predicted molar refractivity (Wildman–Crippen MR) is 88.6 cm³/mol. The van der Waals surface area contributed by atoms with Crippen LogP contribution in [0.1, 0.15) is 31.0 Å². The quantitative estimate of drug-likeness (QED) is 0.858.